The third-order valence-corrected chi connectivity index (χ3v) is 4.54. The second-order valence-corrected chi connectivity index (χ2v) is 6.41. The van der Waals surface area contributed by atoms with Crippen molar-refractivity contribution in [2.75, 3.05) is 23.3 Å². The number of nitrogens with zero attached hydrogens (tertiary/aromatic N) is 4. The van der Waals surface area contributed by atoms with Crippen molar-refractivity contribution in [3.63, 3.8) is 0 Å². The number of aromatic nitrogens is 3. The number of amides is 1. The van der Waals surface area contributed by atoms with Crippen LogP contribution in [0.2, 0.25) is 0 Å². The lowest BCUT2D eigenvalue weighted by Crippen LogP contribution is -2.41. The molecule has 1 N–H and O–H groups in total. The van der Waals surface area contributed by atoms with E-state index in [9.17, 15) is 4.79 Å². The number of rotatable bonds is 4. The first kappa shape index (κ1) is 15.0. The molecule has 124 valence electrons. The van der Waals surface area contributed by atoms with E-state index in [0.717, 1.165) is 18.5 Å². The summed E-state index contributed by atoms with van der Waals surface area (Å²) in [5.41, 5.74) is -0.423. The first-order chi connectivity index (χ1) is 11.6. The van der Waals surface area contributed by atoms with E-state index in [2.05, 4.69) is 20.3 Å². The van der Waals surface area contributed by atoms with Gasteiger partial charge >= 0.3 is 0 Å². The fourth-order valence-electron chi connectivity index (χ4n) is 2.97. The molecule has 1 aliphatic carbocycles. The number of pyridine rings is 1. The molecule has 2 aromatic heterocycles. The highest BCUT2D eigenvalue weighted by atomic mass is 19.1. The Bertz CT molecular complexity index is 752. The van der Waals surface area contributed by atoms with Gasteiger partial charge in [0.25, 0.3) is 5.91 Å². The number of alkyl halides is 1. The number of halogens is 1. The molecule has 0 radical (unpaired) electrons. The number of hydrogen-bond acceptors (Lipinski definition) is 5. The summed E-state index contributed by atoms with van der Waals surface area (Å²) >= 11 is 0. The van der Waals surface area contributed by atoms with Crippen LogP contribution in [0, 0.1) is 0 Å². The standard InChI is InChI=1S/C17H18FN5O/c18-17(16(24)22-13-2-1-6-19-9-13)5-7-23(10-17)15-8-14(12-3-4-12)20-11-21-15/h1-2,6,8-9,11-12H,3-5,7,10H2,(H,22,24). The van der Waals surface area contributed by atoms with E-state index >= 15 is 4.39 Å². The predicted molar refractivity (Wildman–Crippen MR) is 87.5 cm³/mol. The van der Waals surface area contributed by atoms with Crippen molar-refractivity contribution in [3.05, 3.63) is 42.6 Å². The molecule has 6 nitrogen and oxygen atoms in total. The Balaban J connectivity index is 1.46. The van der Waals surface area contributed by atoms with E-state index in [1.54, 1.807) is 18.3 Å². The smallest absolute Gasteiger partial charge is 0.264 e. The number of anilines is 2. The van der Waals surface area contributed by atoms with E-state index < -0.39 is 11.6 Å². The van der Waals surface area contributed by atoms with Crippen molar-refractivity contribution in [1.29, 1.82) is 0 Å². The second kappa shape index (κ2) is 5.81. The molecular weight excluding hydrogens is 309 g/mol. The fourth-order valence-corrected chi connectivity index (χ4v) is 2.97. The molecule has 7 heteroatoms. The Labute approximate surface area is 139 Å². The monoisotopic (exact) mass is 327 g/mol. The average molecular weight is 327 g/mol. The third-order valence-electron chi connectivity index (χ3n) is 4.54. The van der Waals surface area contributed by atoms with Crippen LogP contribution in [-0.4, -0.2) is 39.6 Å². The molecule has 0 bridgehead atoms. The van der Waals surface area contributed by atoms with Crippen LogP contribution in [0.15, 0.2) is 36.9 Å². The van der Waals surface area contributed by atoms with Gasteiger partial charge in [-0.05, 0) is 25.0 Å². The average Bonchev–Trinajstić information content (AvgIpc) is 3.38. The van der Waals surface area contributed by atoms with Gasteiger partial charge in [0.05, 0.1) is 18.4 Å². The Kier molecular flexibility index (Phi) is 3.63. The third kappa shape index (κ3) is 2.93. The molecule has 3 heterocycles. The normalized spacial score (nSPS) is 23.3. The summed E-state index contributed by atoms with van der Waals surface area (Å²) in [6.45, 7) is 0.457. The van der Waals surface area contributed by atoms with Crippen LogP contribution in [0.4, 0.5) is 15.9 Å². The maximum absolute atomic E-state index is 15.1. The fraction of sp³-hybridized carbons (Fsp3) is 0.412. The van der Waals surface area contributed by atoms with Crippen LogP contribution in [-0.2, 0) is 4.79 Å². The predicted octanol–water partition coefficient (Wildman–Crippen LogP) is 2.31. The molecule has 1 aliphatic heterocycles. The van der Waals surface area contributed by atoms with Crippen LogP contribution in [0.5, 0.6) is 0 Å². The van der Waals surface area contributed by atoms with Gasteiger partial charge < -0.3 is 10.2 Å². The molecule has 2 aliphatic rings. The zero-order chi connectivity index (χ0) is 16.6. The van der Waals surface area contributed by atoms with E-state index in [1.165, 1.54) is 12.5 Å². The van der Waals surface area contributed by atoms with Gasteiger partial charge in [-0.3, -0.25) is 9.78 Å². The number of carbonyl (C=O) groups excluding carboxylic acids is 1. The quantitative estimate of drug-likeness (QED) is 0.933. The van der Waals surface area contributed by atoms with Gasteiger partial charge in [-0.1, -0.05) is 0 Å². The lowest BCUT2D eigenvalue weighted by Gasteiger charge is -2.21. The maximum atomic E-state index is 15.1. The minimum Gasteiger partial charge on any atom is -0.353 e. The SMILES string of the molecule is O=C(Nc1cccnc1)C1(F)CCN(c2cc(C3CC3)ncn2)C1. The molecule has 1 saturated carbocycles. The van der Waals surface area contributed by atoms with E-state index in [0.29, 0.717) is 24.0 Å². The van der Waals surface area contributed by atoms with Gasteiger partial charge in [-0.15, -0.1) is 0 Å². The Morgan fingerprint density at radius 1 is 1.38 bits per heavy atom. The van der Waals surface area contributed by atoms with Crippen molar-refractivity contribution in [1.82, 2.24) is 15.0 Å². The molecule has 4 rings (SSSR count). The van der Waals surface area contributed by atoms with Gasteiger partial charge in [-0.25, -0.2) is 14.4 Å². The van der Waals surface area contributed by atoms with Gasteiger partial charge in [0.1, 0.15) is 12.1 Å². The first-order valence-electron chi connectivity index (χ1n) is 8.11. The molecule has 0 spiro atoms. The van der Waals surface area contributed by atoms with Crippen LogP contribution in [0.3, 0.4) is 0 Å². The summed E-state index contributed by atoms with van der Waals surface area (Å²) in [6.07, 6.45) is 7.07. The van der Waals surface area contributed by atoms with E-state index in [-0.39, 0.29) is 13.0 Å². The van der Waals surface area contributed by atoms with Gasteiger partial charge in [0.15, 0.2) is 0 Å². The molecule has 1 atom stereocenters. The van der Waals surface area contributed by atoms with Crippen molar-refractivity contribution < 1.29 is 9.18 Å². The highest BCUT2D eigenvalue weighted by Crippen LogP contribution is 2.40. The minimum atomic E-state index is -1.93. The molecule has 2 aromatic rings. The molecule has 2 fully saturated rings. The summed E-state index contributed by atoms with van der Waals surface area (Å²) in [7, 11) is 0. The van der Waals surface area contributed by atoms with Crippen LogP contribution >= 0.6 is 0 Å². The zero-order valence-corrected chi connectivity index (χ0v) is 13.2. The lowest BCUT2D eigenvalue weighted by molar-refractivity contribution is -0.126. The van der Waals surface area contributed by atoms with Crippen molar-refractivity contribution >= 4 is 17.4 Å². The lowest BCUT2D eigenvalue weighted by atomic mass is 10.0. The van der Waals surface area contributed by atoms with E-state index in [1.807, 2.05) is 11.0 Å². The van der Waals surface area contributed by atoms with Crippen molar-refractivity contribution in [3.8, 4) is 0 Å². The van der Waals surface area contributed by atoms with Gasteiger partial charge in [0, 0.05) is 36.8 Å². The summed E-state index contributed by atoms with van der Waals surface area (Å²) in [4.78, 5) is 26.6. The molecular formula is C17H18FN5O. The Hall–Kier alpha value is -2.57. The highest BCUT2D eigenvalue weighted by molar-refractivity contribution is 5.98. The van der Waals surface area contributed by atoms with Gasteiger partial charge in [-0.2, -0.15) is 0 Å². The molecule has 24 heavy (non-hydrogen) atoms. The minimum absolute atomic E-state index is 0.000214. The van der Waals surface area contributed by atoms with Crippen molar-refractivity contribution in [2.24, 2.45) is 0 Å². The summed E-state index contributed by atoms with van der Waals surface area (Å²) in [5.74, 6) is 0.577. The topological polar surface area (TPSA) is 71.0 Å². The molecule has 1 unspecified atom stereocenters. The summed E-state index contributed by atoms with van der Waals surface area (Å²) < 4.78 is 15.1. The number of nitrogens with one attached hydrogen (secondary N) is 1. The van der Waals surface area contributed by atoms with E-state index in [4.69, 9.17) is 0 Å². The molecule has 0 aromatic carbocycles. The Morgan fingerprint density at radius 3 is 3.00 bits per heavy atom. The molecule has 1 saturated heterocycles. The molecule has 1 amide bonds. The number of hydrogen-bond donors (Lipinski definition) is 1. The van der Waals surface area contributed by atoms with Crippen LogP contribution in [0.25, 0.3) is 0 Å². The largest absolute Gasteiger partial charge is 0.353 e. The van der Waals surface area contributed by atoms with Gasteiger partial charge in [0.2, 0.25) is 5.67 Å². The summed E-state index contributed by atoms with van der Waals surface area (Å²) in [5, 5.41) is 2.60. The van der Waals surface area contributed by atoms with Crippen molar-refractivity contribution in [2.45, 2.75) is 30.8 Å². The first-order valence-corrected chi connectivity index (χ1v) is 8.11. The second-order valence-electron chi connectivity index (χ2n) is 6.41. The zero-order valence-electron chi connectivity index (χ0n) is 13.2. The summed E-state index contributed by atoms with van der Waals surface area (Å²) in [6, 6.07) is 5.30. The highest BCUT2D eigenvalue weighted by Gasteiger charge is 2.45. The maximum Gasteiger partial charge on any atom is 0.264 e. The van der Waals surface area contributed by atoms with Crippen LogP contribution < -0.4 is 10.2 Å². The Morgan fingerprint density at radius 2 is 2.25 bits per heavy atom. The number of carbonyl (C=O) groups is 1. The van der Waals surface area contributed by atoms with Crippen LogP contribution in [0.1, 0.15) is 30.9 Å².